The van der Waals surface area contributed by atoms with Crippen molar-refractivity contribution in [1.82, 2.24) is 10.3 Å². The molecule has 2 atom stereocenters. The Labute approximate surface area is 100 Å². The molecule has 0 radical (unpaired) electrons. The van der Waals surface area contributed by atoms with Crippen LogP contribution in [0.1, 0.15) is 24.6 Å². The molecule has 0 aromatic carbocycles. The lowest BCUT2D eigenvalue weighted by atomic mass is 10.2. The fraction of sp³-hybridized carbons (Fsp3) is 0.583. The summed E-state index contributed by atoms with van der Waals surface area (Å²) in [5.41, 5.74) is 2.30. The van der Waals surface area contributed by atoms with Crippen LogP contribution in [-0.4, -0.2) is 27.2 Å². The average molecular weight is 240 g/mol. The van der Waals surface area contributed by atoms with E-state index in [-0.39, 0.29) is 0 Å². The third kappa shape index (κ3) is 4.86. The molecule has 0 aliphatic rings. The van der Waals surface area contributed by atoms with Crippen molar-refractivity contribution in [2.45, 2.75) is 32.9 Å². The number of hydrogen-bond acceptors (Lipinski definition) is 3. The quantitative estimate of drug-likeness (QED) is 0.822. The van der Waals surface area contributed by atoms with Crippen molar-refractivity contribution in [2.24, 2.45) is 0 Å². The molecule has 0 fully saturated rings. The summed E-state index contributed by atoms with van der Waals surface area (Å²) in [6.45, 7) is 4.97. The number of nitrogens with zero attached hydrogens (tertiary/aromatic N) is 1. The zero-order valence-electron chi connectivity index (χ0n) is 10.2. The van der Waals surface area contributed by atoms with Crippen LogP contribution in [0, 0.1) is 6.92 Å². The van der Waals surface area contributed by atoms with Crippen LogP contribution in [-0.2, 0) is 17.3 Å². The summed E-state index contributed by atoms with van der Waals surface area (Å²) < 4.78 is 10.9. The molecule has 0 amide bonds. The summed E-state index contributed by atoms with van der Waals surface area (Å²) in [6, 6.07) is 4.43. The second kappa shape index (κ2) is 6.76. The average Bonchev–Trinajstić information content (AvgIpc) is 2.25. The maximum atomic E-state index is 10.9. The van der Waals surface area contributed by atoms with Crippen molar-refractivity contribution in [3.63, 3.8) is 0 Å². The number of hydrogen-bond donors (Lipinski definition) is 1. The minimum atomic E-state index is -0.691. The van der Waals surface area contributed by atoms with Crippen LogP contribution >= 0.6 is 0 Å². The van der Waals surface area contributed by atoms with E-state index in [0.29, 0.717) is 6.04 Å². The van der Waals surface area contributed by atoms with Crippen LogP contribution in [0.5, 0.6) is 0 Å². The first kappa shape index (κ1) is 13.3. The molecule has 0 spiro atoms. The van der Waals surface area contributed by atoms with E-state index in [1.807, 2.05) is 19.2 Å². The number of aryl methyl sites for hydroxylation is 1. The van der Waals surface area contributed by atoms with Crippen LogP contribution in [0.2, 0.25) is 0 Å². The van der Waals surface area contributed by atoms with E-state index in [0.717, 1.165) is 24.4 Å². The molecule has 16 heavy (non-hydrogen) atoms. The number of aromatic nitrogens is 1. The summed E-state index contributed by atoms with van der Waals surface area (Å²) in [4.78, 5) is 4.24. The molecule has 0 saturated heterocycles. The van der Waals surface area contributed by atoms with E-state index in [1.165, 1.54) is 5.56 Å². The first-order valence-corrected chi connectivity index (χ1v) is 7.26. The lowest BCUT2D eigenvalue weighted by Crippen LogP contribution is -2.27. The highest BCUT2D eigenvalue weighted by Crippen LogP contribution is 2.04. The van der Waals surface area contributed by atoms with Gasteiger partial charge >= 0.3 is 0 Å². The Bertz CT molecular complexity index is 355. The summed E-state index contributed by atoms with van der Waals surface area (Å²) in [5.74, 6) is 0.764. The molecule has 1 aromatic rings. The first-order chi connectivity index (χ1) is 7.59. The third-order valence-corrected chi connectivity index (χ3v) is 3.41. The zero-order valence-corrected chi connectivity index (χ0v) is 11.0. The van der Waals surface area contributed by atoms with Crippen molar-refractivity contribution in [1.29, 1.82) is 0 Å². The van der Waals surface area contributed by atoms with E-state index < -0.39 is 10.8 Å². The minimum absolute atomic E-state index is 0.392. The molecule has 1 N–H and O–H groups in total. The first-order valence-electron chi connectivity index (χ1n) is 5.53. The summed E-state index contributed by atoms with van der Waals surface area (Å²) in [6.07, 6.45) is 4.50. The van der Waals surface area contributed by atoms with Crippen LogP contribution < -0.4 is 5.32 Å². The predicted molar refractivity (Wildman–Crippen MR) is 68.8 cm³/mol. The molecule has 1 heterocycles. The summed E-state index contributed by atoms with van der Waals surface area (Å²) in [5, 5.41) is 3.42. The fourth-order valence-electron chi connectivity index (χ4n) is 1.43. The van der Waals surface area contributed by atoms with Crippen LogP contribution in [0.3, 0.4) is 0 Å². The van der Waals surface area contributed by atoms with E-state index in [4.69, 9.17) is 0 Å². The number of nitrogens with one attached hydrogen (secondary N) is 1. The molecule has 1 rings (SSSR count). The molecule has 0 aliphatic carbocycles. The molecule has 0 aliphatic heterocycles. The largest absolute Gasteiger partial charge is 0.310 e. The Balaban J connectivity index is 2.34. The van der Waals surface area contributed by atoms with Gasteiger partial charge in [0.25, 0.3) is 0 Å². The molecule has 4 heteroatoms. The van der Waals surface area contributed by atoms with Gasteiger partial charge in [-0.25, -0.2) is 0 Å². The van der Waals surface area contributed by atoms with Crippen LogP contribution in [0.4, 0.5) is 0 Å². The van der Waals surface area contributed by atoms with Gasteiger partial charge < -0.3 is 5.32 Å². The van der Waals surface area contributed by atoms with Gasteiger partial charge in [-0.2, -0.15) is 0 Å². The molecule has 0 saturated carbocycles. The van der Waals surface area contributed by atoms with E-state index >= 15 is 0 Å². The molecular weight excluding hydrogens is 220 g/mol. The van der Waals surface area contributed by atoms with Gasteiger partial charge in [0.1, 0.15) is 0 Å². The smallest absolute Gasteiger partial charge is 0.0417 e. The third-order valence-electron chi connectivity index (χ3n) is 2.60. The van der Waals surface area contributed by atoms with Gasteiger partial charge in [-0.15, -0.1) is 0 Å². The van der Waals surface area contributed by atoms with Gasteiger partial charge in [-0.05, 0) is 31.9 Å². The molecule has 90 valence electrons. The lowest BCUT2D eigenvalue weighted by molar-refractivity contribution is 0.533. The second-order valence-electron chi connectivity index (χ2n) is 4.10. The van der Waals surface area contributed by atoms with Crippen molar-refractivity contribution < 1.29 is 4.21 Å². The van der Waals surface area contributed by atoms with E-state index in [1.54, 1.807) is 6.26 Å². The lowest BCUT2D eigenvalue weighted by Gasteiger charge is -2.13. The normalized spacial score (nSPS) is 14.7. The monoisotopic (exact) mass is 240 g/mol. The Morgan fingerprint density at radius 1 is 1.56 bits per heavy atom. The predicted octanol–water partition coefficient (Wildman–Crippen LogP) is 1.64. The molecule has 1 aromatic heterocycles. The van der Waals surface area contributed by atoms with Crippen molar-refractivity contribution in [3.05, 3.63) is 29.6 Å². The standard InChI is InChI=1S/C12H20N2OS/c1-10(6-8-16(3)15)14-9-12-5-4-7-13-11(12)2/h4-5,7,10,14H,6,8-9H2,1-3H3. The Morgan fingerprint density at radius 2 is 2.31 bits per heavy atom. The fourth-order valence-corrected chi connectivity index (χ4v) is 2.12. The highest BCUT2D eigenvalue weighted by molar-refractivity contribution is 7.84. The number of rotatable bonds is 6. The van der Waals surface area contributed by atoms with Crippen molar-refractivity contribution >= 4 is 10.8 Å². The summed E-state index contributed by atoms with van der Waals surface area (Å²) in [7, 11) is -0.691. The minimum Gasteiger partial charge on any atom is -0.310 e. The van der Waals surface area contributed by atoms with Crippen molar-refractivity contribution in [2.75, 3.05) is 12.0 Å². The number of pyridine rings is 1. The Kier molecular flexibility index (Phi) is 5.63. The highest BCUT2D eigenvalue weighted by Gasteiger charge is 2.04. The Hall–Kier alpha value is -0.740. The van der Waals surface area contributed by atoms with Gasteiger partial charge in [0, 0.05) is 47.3 Å². The molecule has 0 bridgehead atoms. The van der Waals surface area contributed by atoms with Crippen LogP contribution in [0.15, 0.2) is 18.3 Å². The van der Waals surface area contributed by atoms with E-state index in [9.17, 15) is 4.21 Å². The van der Waals surface area contributed by atoms with Gasteiger partial charge in [-0.3, -0.25) is 9.19 Å². The topological polar surface area (TPSA) is 42.0 Å². The highest BCUT2D eigenvalue weighted by atomic mass is 32.2. The van der Waals surface area contributed by atoms with Gasteiger partial charge in [0.05, 0.1) is 0 Å². The summed E-state index contributed by atoms with van der Waals surface area (Å²) >= 11 is 0. The van der Waals surface area contributed by atoms with E-state index in [2.05, 4.69) is 23.3 Å². The van der Waals surface area contributed by atoms with Gasteiger partial charge in [0.15, 0.2) is 0 Å². The SMILES string of the molecule is Cc1ncccc1CNC(C)CCS(C)=O. The second-order valence-corrected chi connectivity index (χ2v) is 5.65. The zero-order chi connectivity index (χ0) is 12.0. The maximum Gasteiger partial charge on any atom is 0.0417 e. The maximum absolute atomic E-state index is 10.9. The van der Waals surface area contributed by atoms with Gasteiger partial charge in [-0.1, -0.05) is 6.07 Å². The van der Waals surface area contributed by atoms with Crippen molar-refractivity contribution in [3.8, 4) is 0 Å². The Morgan fingerprint density at radius 3 is 2.94 bits per heavy atom. The van der Waals surface area contributed by atoms with Crippen LogP contribution in [0.25, 0.3) is 0 Å². The van der Waals surface area contributed by atoms with Gasteiger partial charge in [0.2, 0.25) is 0 Å². The molecule has 3 nitrogen and oxygen atoms in total. The molecule has 2 unspecified atom stereocenters. The molecular formula is C12H20N2OS.